The average molecular weight is 287 g/mol. The lowest BCUT2D eigenvalue weighted by molar-refractivity contribution is -0.124. The summed E-state index contributed by atoms with van der Waals surface area (Å²) in [5.41, 5.74) is 9.14. The molecule has 0 aliphatic carbocycles. The predicted octanol–water partition coefficient (Wildman–Crippen LogP) is 1.88. The summed E-state index contributed by atoms with van der Waals surface area (Å²) in [5.74, 6) is -0.191. The number of nitrogens with two attached hydrogens (primary N) is 1. The molecule has 1 aromatic carbocycles. The highest BCUT2D eigenvalue weighted by molar-refractivity contribution is 5.85. The van der Waals surface area contributed by atoms with Crippen molar-refractivity contribution in [3.8, 4) is 0 Å². The number of amides is 1. The van der Waals surface area contributed by atoms with Crippen molar-refractivity contribution in [1.29, 1.82) is 0 Å². The monoisotopic (exact) mass is 286 g/mol. The fourth-order valence-electron chi connectivity index (χ4n) is 1.92. The second-order valence-electron chi connectivity index (χ2n) is 4.71. The lowest BCUT2D eigenvalue weighted by Gasteiger charge is -2.18. The van der Waals surface area contributed by atoms with Crippen LogP contribution in [0.5, 0.6) is 0 Å². The molecule has 2 unspecified atom stereocenters. The molecule has 0 radical (unpaired) electrons. The molecule has 0 aliphatic heterocycles. The normalized spacial score (nSPS) is 13.3. The van der Waals surface area contributed by atoms with Crippen LogP contribution >= 0.6 is 12.4 Å². The van der Waals surface area contributed by atoms with E-state index in [-0.39, 0.29) is 31.0 Å². The summed E-state index contributed by atoms with van der Waals surface area (Å²) in [6.45, 7) is 6.26. The van der Waals surface area contributed by atoms with Crippen LogP contribution in [0.3, 0.4) is 0 Å². The van der Waals surface area contributed by atoms with Gasteiger partial charge in [0.2, 0.25) is 5.91 Å². The number of nitrogens with one attached hydrogen (secondary N) is 1. The second-order valence-corrected chi connectivity index (χ2v) is 4.71. The van der Waals surface area contributed by atoms with Crippen molar-refractivity contribution in [1.82, 2.24) is 5.32 Å². The Labute approximate surface area is 121 Å². The summed E-state index contributed by atoms with van der Waals surface area (Å²) in [4.78, 5) is 11.8. The molecule has 0 fully saturated rings. The Morgan fingerprint density at radius 2 is 1.84 bits per heavy atom. The van der Waals surface area contributed by atoms with Crippen molar-refractivity contribution < 1.29 is 9.53 Å². The Morgan fingerprint density at radius 1 is 1.32 bits per heavy atom. The Hall–Kier alpha value is -1.10. The summed E-state index contributed by atoms with van der Waals surface area (Å²) in [5, 5.41) is 2.89. The van der Waals surface area contributed by atoms with Gasteiger partial charge in [0.1, 0.15) is 6.04 Å². The molecule has 0 saturated heterocycles. The minimum atomic E-state index is -0.622. The number of hydrogen-bond donors (Lipinski definition) is 2. The first-order valence-electron chi connectivity index (χ1n) is 6.07. The third-order valence-electron chi connectivity index (χ3n) is 2.79. The molecule has 0 aromatic heterocycles. The highest BCUT2D eigenvalue weighted by atomic mass is 35.5. The van der Waals surface area contributed by atoms with Crippen molar-refractivity contribution in [2.24, 2.45) is 5.73 Å². The number of ether oxygens (including phenoxy) is 1. The smallest absolute Gasteiger partial charge is 0.239 e. The van der Waals surface area contributed by atoms with Gasteiger partial charge in [-0.1, -0.05) is 29.3 Å². The molecule has 3 N–H and O–H groups in total. The summed E-state index contributed by atoms with van der Waals surface area (Å²) in [7, 11) is 1.53. The molecule has 1 aromatic rings. The minimum absolute atomic E-state index is 0. The maximum atomic E-state index is 11.8. The van der Waals surface area contributed by atoms with Crippen molar-refractivity contribution >= 4 is 18.3 Å². The highest BCUT2D eigenvalue weighted by Crippen LogP contribution is 2.16. The molecular weight excluding hydrogens is 264 g/mol. The largest absolute Gasteiger partial charge is 0.383 e. The molecule has 5 heteroatoms. The van der Waals surface area contributed by atoms with Gasteiger partial charge < -0.3 is 15.8 Å². The molecule has 1 amide bonds. The Morgan fingerprint density at radius 3 is 2.32 bits per heavy atom. The summed E-state index contributed by atoms with van der Waals surface area (Å²) in [6.07, 6.45) is 0. The quantitative estimate of drug-likeness (QED) is 0.869. The SMILES string of the molecule is COCC(N)C(=O)NC(C)c1cc(C)cc(C)c1.Cl. The minimum Gasteiger partial charge on any atom is -0.383 e. The van der Waals surface area contributed by atoms with Gasteiger partial charge in [0.05, 0.1) is 12.6 Å². The van der Waals surface area contributed by atoms with E-state index in [0.29, 0.717) is 0 Å². The van der Waals surface area contributed by atoms with Gasteiger partial charge in [-0.15, -0.1) is 12.4 Å². The number of rotatable bonds is 5. The number of carbonyl (C=O) groups is 1. The van der Waals surface area contributed by atoms with Crippen molar-refractivity contribution in [3.05, 3.63) is 34.9 Å². The van der Waals surface area contributed by atoms with Gasteiger partial charge >= 0.3 is 0 Å². The molecule has 1 rings (SSSR count). The summed E-state index contributed by atoms with van der Waals surface area (Å²) in [6, 6.07) is 5.57. The number of hydrogen-bond acceptors (Lipinski definition) is 3. The van der Waals surface area contributed by atoms with E-state index in [1.54, 1.807) is 0 Å². The number of methoxy groups -OCH3 is 1. The van der Waals surface area contributed by atoms with Gasteiger partial charge in [-0.2, -0.15) is 0 Å². The zero-order valence-electron chi connectivity index (χ0n) is 11.9. The standard InChI is InChI=1S/C14H22N2O2.ClH/c1-9-5-10(2)7-12(6-9)11(3)16-14(17)13(15)8-18-4;/h5-7,11,13H,8,15H2,1-4H3,(H,16,17);1H. The van der Waals surface area contributed by atoms with Gasteiger partial charge in [0, 0.05) is 7.11 Å². The molecule has 108 valence electrons. The van der Waals surface area contributed by atoms with Crippen LogP contribution in [0.15, 0.2) is 18.2 Å². The third-order valence-corrected chi connectivity index (χ3v) is 2.79. The predicted molar refractivity (Wildman–Crippen MR) is 79.6 cm³/mol. The molecule has 4 nitrogen and oxygen atoms in total. The average Bonchev–Trinajstić information content (AvgIpc) is 2.27. The first kappa shape index (κ1) is 17.9. The molecule has 19 heavy (non-hydrogen) atoms. The van der Waals surface area contributed by atoms with E-state index < -0.39 is 6.04 Å². The van der Waals surface area contributed by atoms with E-state index in [4.69, 9.17) is 10.5 Å². The number of carbonyl (C=O) groups excluding carboxylic acids is 1. The molecule has 0 heterocycles. The molecule has 0 spiro atoms. The Kier molecular flexibility index (Phi) is 7.68. The molecule has 2 atom stereocenters. The van der Waals surface area contributed by atoms with E-state index in [0.717, 1.165) is 5.56 Å². The van der Waals surface area contributed by atoms with Crippen LogP contribution in [0.1, 0.15) is 29.7 Å². The maximum Gasteiger partial charge on any atom is 0.239 e. The van der Waals surface area contributed by atoms with Crippen LogP contribution in [-0.2, 0) is 9.53 Å². The van der Waals surface area contributed by atoms with Crippen molar-refractivity contribution in [3.63, 3.8) is 0 Å². The highest BCUT2D eigenvalue weighted by Gasteiger charge is 2.16. The van der Waals surface area contributed by atoms with Crippen molar-refractivity contribution in [2.45, 2.75) is 32.9 Å². The van der Waals surface area contributed by atoms with Gasteiger partial charge in [-0.25, -0.2) is 0 Å². The van der Waals surface area contributed by atoms with E-state index in [1.165, 1.54) is 18.2 Å². The summed E-state index contributed by atoms with van der Waals surface area (Å²) < 4.78 is 4.86. The number of benzene rings is 1. The zero-order valence-corrected chi connectivity index (χ0v) is 12.7. The third kappa shape index (κ3) is 5.59. The molecule has 0 bridgehead atoms. The topological polar surface area (TPSA) is 64.3 Å². The lowest BCUT2D eigenvalue weighted by Crippen LogP contribution is -2.44. The van der Waals surface area contributed by atoms with Gasteiger partial charge in [0.25, 0.3) is 0 Å². The van der Waals surface area contributed by atoms with Crippen LogP contribution in [0.25, 0.3) is 0 Å². The molecule has 0 aliphatic rings. The van der Waals surface area contributed by atoms with E-state index in [2.05, 4.69) is 23.5 Å². The van der Waals surface area contributed by atoms with E-state index >= 15 is 0 Å². The zero-order chi connectivity index (χ0) is 13.7. The second kappa shape index (κ2) is 8.15. The van der Waals surface area contributed by atoms with E-state index in [1.807, 2.05) is 20.8 Å². The van der Waals surface area contributed by atoms with Crippen LogP contribution in [0.4, 0.5) is 0 Å². The van der Waals surface area contributed by atoms with Crippen LogP contribution < -0.4 is 11.1 Å². The molecule has 0 saturated carbocycles. The maximum absolute atomic E-state index is 11.8. The number of aryl methyl sites for hydroxylation is 2. The van der Waals surface area contributed by atoms with Gasteiger partial charge in [0.15, 0.2) is 0 Å². The lowest BCUT2D eigenvalue weighted by atomic mass is 10.0. The first-order valence-corrected chi connectivity index (χ1v) is 6.07. The Balaban J connectivity index is 0.00000324. The van der Waals surface area contributed by atoms with Crippen molar-refractivity contribution in [2.75, 3.05) is 13.7 Å². The summed E-state index contributed by atoms with van der Waals surface area (Å²) >= 11 is 0. The van der Waals surface area contributed by atoms with Crippen LogP contribution in [0.2, 0.25) is 0 Å². The fraction of sp³-hybridized carbons (Fsp3) is 0.500. The Bertz CT molecular complexity index is 404. The first-order chi connectivity index (χ1) is 8.43. The number of halogens is 1. The van der Waals surface area contributed by atoms with Gasteiger partial charge in [-0.3, -0.25) is 4.79 Å². The molecular formula is C14H23ClN2O2. The fourth-order valence-corrected chi connectivity index (χ4v) is 1.92. The van der Waals surface area contributed by atoms with Gasteiger partial charge in [-0.05, 0) is 26.3 Å². The van der Waals surface area contributed by atoms with E-state index in [9.17, 15) is 4.79 Å². The van der Waals surface area contributed by atoms with Crippen LogP contribution in [-0.4, -0.2) is 25.7 Å². The van der Waals surface area contributed by atoms with Crippen LogP contribution in [0, 0.1) is 13.8 Å².